The van der Waals surface area contributed by atoms with Crippen LogP contribution in [0.25, 0.3) is 0 Å². The van der Waals surface area contributed by atoms with Crippen molar-refractivity contribution in [3.63, 3.8) is 0 Å². The molecule has 26 heavy (non-hydrogen) atoms. The van der Waals surface area contributed by atoms with Gasteiger partial charge in [0.25, 0.3) is 0 Å². The summed E-state index contributed by atoms with van der Waals surface area (Å²) in [5.41, 5.74) is 1.92. The van der Waals surface area contributed by atoms with Crippen LogP contribution in [0.2, 0.25) is 10.0 Å². The second-order valence-corrected chi connectivity index (χ2v) is 7.21. The molecule has 0 saturated carbocycles. The molecule has 0 amide bonds. The van der Waals surface area contributed by atoms with Crippen LogP contribution in [-0.2, 0) is 6.42 Å². The van der Waals surface area contributed by atoms with Crippen molar-refractivity contribution in [2.45, 2.75) is 12.5 Å². The number of hydrogen-bond acceptors (Lipinski definition) is 4. The maximum Gasteiger partial charge on any atom is 0.175 e. The summed E-state index contributed by atoms with van der Waals surface area (Å²) in [6, 6.07) is 12.7. The van der Waals surface area contributed by atoms with Crippen molar-refractivity contribution in [2.75, 3.05) is 0 Å². The fraction of sp³-hybridized carbons (Fsp3) is 0.111. The average molecular weight is 455 g/mol. The molecule has 3 aromatic rings. The van der Waals surface area contributed by atoms with Gasteiger partial charge in [0.1, 0.15) is 12.0 Å². The van der Waals surface area contributed by atoms with Crippen molar-refractivity contribution in [3.8, 4) is 0 Å². The Hall–Kier alpha value is -2.02. The molecule has 1 atom stereocenters. The molecule has 0 fully saturated rings. The zero-order valence-corrected chi connectivity index (χ0v) is 16.5. The lowest BCUT2D eigenvalue weighted by atomic mass is 9.99. The number of rotatable bonds is 6. The van der Waals surface area contributed by atoms with Crippen LogP contribution >= 0.6 is 39.1 Å². The Balaban J connectivity index is 1.94. The smallest absolute Gasteiger partial charge is 0.175 e. The van der Waals surface area contributed by atoms with Crippen molar-refractivity contribution in [3.05, 3.63) is 86.8 Å². The van der Waals surface area contributed by atoms with Crippen LogP contribution in [0.1, 0.15) is 11.1 Å². The average Bonchev–Trinajstić information content (AvgIpc) is 3.12. The van der Waals surface area contributed by atoms with Crippen LogP contribution in [0.15, 0.2) is 70.8 Å². The van der Waals surface area contributed by atoms with Crippen molar-refractivity contribution in [1.82, 2.24) is 9.71 Å². The minimum absolute atomic E-state index is 0.372. The quantitative estimate of drug-likeness (QED) is 0.328. The number of halogens is 3. The Morgan fingerprint density at radius 3 is 2.62 bits per heavy atom. The van der Waals surface area contributed by atoms with Gasteiger partial charge in [-0.05, 0) is 29.8 Å². The Morgan fingerprint density at radius 2 is 2.00 bits per heavy atom. The molecule has 0 aliphatic carbocycles. The highest BCUT2D eigenvalue weighted by Crippen LogP contribution is 2.24. The summed E-state index contributed by atoms with van der Waals surface area (Å²) in [5, 5.41) is 14.2. The second-order valence-electron chi connectivity index (χ2n) is 5.45. The molecule has 5 nitrogen and oxygen atoms in total. The van der Waals surface area contributed by atoms with Gasteiger partial charge in [-0.2, -0.15) is 4.73 Å². The maximum absolute atomic E-state index is 9.66. The minimum Gasteiger partial charge on any atom is -0.411 e. The van der Waals surface area contributed by atoms with E-state index in [0.29, 0.717) is 22.2 Å². The first kappa shape index (κ1) is 18.8. The van der Waals surface area contributed by atoms with Gasteiger partial charge in [-0.25, -0.2) is 4.98 Å². The number of nitrogens with zero attached hydrogens (tertiary/aromatic N) is 3. The molecule has 0 radical (unpaired) electrons. The summed E-state index contributed by atoms with van der Waals surface area (Å²) in [4.78, 5) is 9.91. The van der Waals surface area contributed by atoms with E-state index in [1.807, 2.05) is 30.3 Å². The van der Waals surface area contributed by atoms with Crippen molar-refractivity contribution < 1.29 is 10.0 Å². The molecule has 0 saturated heterocycles. The second kappa shape index (κ2) is 8.58. The highest BCUT2D eigenvalue weighted by molar-refractivity contribution is 9.10. The summed E-state index contributed by atoms with van der Waals surface area (Å²) in [5.74, 6) is 0. The van der Waals surface area contributed by atoms with E-state index < -0.39 is 6.10 Å². The van der Waals surface area contributed by atoms with E-state index in [-0.39, 0.29) is 0 Å². The van der Waals surface area contributed by atoms with Gasteiger partial charge < -0.3 is 10.0 Å². The Bertz CT molecular complexity index is 899. The molecule has 0 spiro atoms. The van der Waals surface area contributed by atoms with E-state index in [9.17, 15) is 5.21 Å². The first-order valence-electron chi connectivity index (χ1n) is 7.63. The Labute approximate surface area is 168 Å². The Morgan fingerprint density at radius 1 is 1.23 bits per heavy atom. The molecule has 0 aliphatic heterocycles. The molecule has 0 aliphatic rings. The number of benzene rings is 2. The number of imidazole rings is 1. The standard InChI is InChI=1S/C18H14BrCl2N3O2/c19-14-4-1-12(2-5-14)18(23-25)17(26-24-8-7-22-11-24)9-13-3-6-15(20)10-16(13)21/h1-8,10-11,17,25H,9H2. The third-order valence-corrected chi connectivity index (χ3v) is 4.82. The molecule has 3 rings (SSSR count). The van der Waals surface area contributed by atoms with Gasteiger partial charge in [-0.1, -0.05) is 62.5 Å². The molecule has 1 aromatic heterocycles. The zero-order chi connectivity index (χ0) is 18.5. The third-order valence-electron chi connectivity index (χ3n) is 3.70. The van der Waals surface area contributed by atoms with Gasteiger partial charge in [-0.15, -0.1) is 0 Å². The summed E-state index contributed by atoms with van der Waals surface area (Å²) in [7, 11) is 0. The Kier molecular flexibility index (Phi) is 6.19. The van der Waals surface area contributed by atoms with Crippen molar-refractivity contribution >= 4 is 44.8 Å². The molecule has 8 heteroatoms. The largest absolute Gasteiger partial charge is 0.411 e. The highest BCUT2D eigenvalue weighted by atomic mass is 79.9. The van der Waals surface area contributed by atoms with Gasteiger partial charge in [0.15, 0.2) is 6.10 Å². The van der Waals surface area contributed by atoms with E-state index in [1.165, 1.54) is 11.1 Å². The van der Waals surface area contributed by atoms with Crippen LogP contribution in [0.3, 0.4) is 0 Å². The van der Waals surface area contributed by atoms with Crippen LogP contribution in [-0.4, -0.2) is 26.7 Å². The number of aromatic nitrogens is 2. The number of hydrogen-bond donors (Lipinski definition) is 1. The fourth-order valence-corrected chi connectivity index (χ4v) is 3.21. The number of oxime groups is 1. The normalized spacial score (nSPS) is 12.8. The predicted octanol–water partition coefficient (Wildman–Crippen LogP) is 4.87. The molecule has 134 valence electrons. The lowest BCUT2D eigenvalue weighted by Gasteiger charge is -2.20. The van der Waals surface area contributed by atoms with Crippen LogP contribution < -0.4 is 4.84 Å². The lowest BCUT2D eigenvalue weighted by molar-refractivity contribution is 0.0751. The first-order valence-corrected chi connectivity index (χ1v) is 9.18. The van der Waals surface area contributed by atoms with E-state index in [1.54, 1.807) is 24.5 Å². The van der Waals surface area contributed by atoms with Gasteiger partial charge in [0.05, 0.1) is 6.20 Å². The molecule has 1 heterocycles. The van der Waals surface area contributed by atoms with Crippen LogP contribution in [0, 0.1) is 0 Å². The highest BCUT2D eigenvalue weighted by Gasteiger charge is 2.23. The summed E-state index contributed by atoms with van der Waals surface area (Å²) in [6.07, 6.45) is 4.56. The monoisotopic (exact) mass is 453 g/mol. The van der Waals surface area contributed by atoms with Gasteiger partial charge in [0, 0.05) is 32.7 Å². The lowest BCUT2D eigenvalue weighted by Crippen LogP contribution is -2.35. The van der Waals surface area contributed by atoms with Crippen molar-refractivity contribution in [2.24, 2.45) is 5.16 Å². The van der Waals surface area contributed by atoms with E-state index in [2.05, 4.69) is 26.1 Å². The van der Waals surface area contributed by atoms with E-state index >= 15 is 0 Å². The van der Waals surface area contributed by atoms with Gasteiger partial charge in [0.2, 0.25) is 0 Å². The molecule has 1 unspecified atom stereocenters. The molecule has 2 aromatic carbocycles. The molecular weight excluding hydrogens is 441 g/mol. The van der Waals surface area contributed by atoms with Crippen LogP contribution in [0.4, 0.5) is 0 Å². The molecule has 1 N–H and O–H groups in total. The van der Waals surface area contributed by atoms with Crippen molar-refractivity contribution in [1.29, 1.82) is 0 Å². The predicted molar refractivity (Wildman–Crippen MR) is 105 cm³/mol. The zero-order valence-electron chi connectivity index (χ0n) is 13.4. The summed E-state index contributed by atoms with van der Waals surface area (Å²) in [6.45, 7) is 0. The topological polar surface area (TPSA) is 59.6 Å². The van der Waals surface area contributed by atoms with E-state index in [0.717, 1.165) is 15.6 Å². The third kappa shape index (κ3) is 4.58. The van der Waals surface area contributed by atoms with Gasteiger partial charge >= 0.3 is 0 Å². The molecular formula is C18H14BrCl2N3O2. The fourth-order valence-electron chi connectivity index (χ4n) is 2.46. The van der Waals surface area contributed by atoms with E-state index in [4.69, 9.17) is 28.0 Å². The SMILES string of the molecule is ON=C(c1ccc(Br)cc1)C(Cc1ccc(Cl)cc1Cl)On1ccnc1. The summed E-state index contributed by atoms with van der Waals surface area (Å²) < 4.78 is 2.38. The van der Waals surface area contributed by atoms with Crippen LogP contribution in [0.5, 0.6) is 0 Å². The maximum atomic E-state index is 9.66. The first-order chi connectivity index (χ1) is 12.6. The van der Waals surface area contributed by atoms with Gasteiger partial charge in [-0.3, -0.25) is 0 Å². The minimum atomic E-state index is -0.603. The molecule has 0 bridgehead atoms. The summed E-state index contributed by atoms with van der Waals surface area (Å²) >= 11 is 15.7.